The summed E-state index contributed by atoms with van der Waals surface area (Å²) in [7, 11) is -3.31. The van der Waals surface area contributed by atoms with Gasteiger partial charge >= 0.3 is 0 Å². The lowest BCUT2D eigenvalue weighted by molar-refractivity contribution is 0.545. The van der Waals surface area contributed by atoms with Crippen LogP contribution >= 0.6 is 0 Å². The Labute approximate surface area is 88.1 Å². The maximum atomic E-state index is 11.1. The minimum absolute atomic E-state index is 0.330. The molecule has 1 unspecified atom stereocenters. The van der Waals surface area contributed by atoms with Gasteiger partial charge in [-0.2, -0.15) is 0 Å². The Morgan fingerprint density at radius 1 is 1.07 bits per heavy atom. The zero-order chi connectivity index (χ0) is 11.0. The van der Waals surface area contributed by atoms with Crippen LogP contribution in [0.2, 0.25) is 0 Å². The zero-order valence-corrected chi connectivity index (χ0v) is 10.1. The molecule has 0 saturated heterocycles. The maximum Gasteiger partial charge on any atom is 0.211 e. The minimum Gasteiger partial charge on any atom is -0.228 e. The molecule has 0 aliphatic rings. The van der Waals surface area contributed by atoms with Crippen LogP contribution in [-0.2, 0) is 10.0 Å². The number of sulfonamides is 1. The number of hydrogen-bond acceptors (Lipinski definition) is 2. The van der Waals surface area contributed by atoms with Crippen molar-refractivity contribution in [2.24, 2.45) is 5.14 Å². The predicted molar refractivity (Wildman–Crippen MR) is 60.6 cm³/mol. The third kappa shape index (κ3) is 6.38. The van der Waals surface area contributed by atoms with Crippen LogP contribution in [0.25, 0.3) is 0 Å². The molecule has 3 nitrogen and oxygen atoms in total. The Morgan fingerprint density at radius 2 is 1.64 bits per heavy atom. The van der Waals surface area contributed by atoms with Gasteiger partial charge in [-0.25, -0.2) is 13.6 Å². The lowest BCUT2D eigenvalue weighted by atomic mass is 10.1. The van der Waals surface area contributed by atoms with Crippen LogP contribution in [0, 0.1) is 0 Å². The van der Waals surface area contributed by atoms with Gasteiger partial charge in [-0.05, 0) is 12.8 Å². The molecule has 4 heteroatoms. The predicted octanol–water partition coefficient (Wildman–Crippen LogP) is 2.41. The highest BCUT2D eigenvalue weighted by molar-refractivity contribution is 7.89. The molecule has 14 heavy (non-hydrogen) atoms. The van der Waals surface area contributed by atoms with Crippen molar-refractivity contribution in [3.8, 4) is 0 Å². The van der Waals surface area contributed by atoms with Crippen LogP contribution in [-0.4, -0.2) is 13.7 Å². The summed E-state index contributed by atoms with van der Waals surface area (Å²) in [6, 6.07) is 0. The van der Waals surface area contributed by atoms with E-state index < -0.39 is 10.0 Å². The summed E-state index contributed by atoms with van der Waals surface area (Å²) in [5, 5.41) is 4.77. The molecule has 0 aromatic rings. The van der Waals surface area contributed by atoms with Crippen LogP contribution < -0.4 is 5.14 Å². The van der Waals surface area contributed by atoms with E-state index in [9.17, 15) is 8.42 Å². The van der Waals surface area contributed by atoms with Crippen molar-refractivity contribution in [1.29, 1.82) is 0 Å². The molecule has 0 saturated carbocycles. The lowest BCUT2D eigenvalue weighted by Crippen LogP contribution is -2.27. The quantitative estimate of drug-likeness (QED) is 0.640. The van der Waals surface area contributed by atoms with E-state index in [2.05, 4.69) is 6.92 Å². The number of unbranched alkanes of at least 4 members (excludes halogenated alkanes) is 4. The fourth-order valence-corrected chi connectivity index (χ4v) is 2.54. The molecule has 0 aliphatic carbocycles. The average Bonchev–Trinajstić information content (AvgIpc) is 2.09. The largest absolute Gasteiger partial charge is 0.228 e. The topological polar surface area (TPSA) is 60.2 Å². The molecule has 0 fully saturated rings. The van der Waals surface area contributed by atoms with E-state index in [0.717, 1.165) is 19.3 Å². The van der Waals surface area contributed by atoms with E-state index in [1.54, 1.807) is 0 Å². The van der Waals surface area contributed by atoms with Crippen molar-refractivity contribution in [3.05, 3.63) is 0 Å². The van der Waals surface area contributed by atoms with Crippen molar-refractivity contribution in [2.75, 3.05) is 0 Å². The third-order valence-electron chi connectivity index (χ3n) is 2.55. The van der Waals surface area contributed by atoms with E-state index in [-0.39, 0.29) is 5.25 Å². The molecule has 1 atom stereocenters. The second-order valence-electron chi connectivity index (χ2n) is 3.82. The van der Waals surface area contributed by atoms with Gasteiger partial charge in [-0.1, -0.05) is 46.0 Å². The lowest BCUT2D eigenvalue weighted by Gasteiger charge is -2.11. The highest BCUT2D eigenvalue weighted by Gasteiger charge is 2.17. The Hall–Kier alpha value is -0.0900. The van der Waals surface area contributed by atoms with Gasteiger partial charge in [0, 0.05) is 0 Å². The Balaban J connectivity index is 3.65. The molecule has 0 aromatic carbocycles. The zero-order valence-electron chi connectivity index (χ0n) is 9.33. The first-order valence-electron chi connectivity index (χ1n) is 5.54. The normalized spacial score (nSPS) is 14.2. The Bertz CT molecular complexity index is 224. The van der Waals surface area contributed by atoms with Crippen molar-refractivity contribution >= 4 is 10.0 Å². The first-order valence-corrected chi connectivity index (χ1v) is 7.14. The summed E-state index contributed by atoms with van der Waals surface area (Å²) >= 11 is 0. The molecule has 0 aromatic heterocycles. The number of nitrogens with two attached hydrogens (primary N) is 1. The monoisotopic (exact) mass is 221 g/mol. The molecule has 2 N–H and O–H groups in total. The smallest absolute Gasteiger partial charge is 0.211 e. The summed E-state index contributed by atoms with van der Waals surface area (Å²) in [4.78, 5) is 0. The molecule has 0 rings (SSSR count). The van der Waals surface area contributed by atoms with Crippen LogP contribution in [0.1, 0.15) is 58.8 Å². The van der Waals surface area contributed by atoms with Gasteiger partial charge in [0.05, 0.1) is 5.25 Å². The molecule has 0 radical (unpaired) electrons. The molecule has 0 amide bonds. The summed E-state index contributed by atoms with van der Waals surface area (Å²) in [5.41, 5.74) is 0. The fraction of sp³-hybridized carbons (Fsp3) is 1.00. The van der Waals surface area contributed by atoms with Gasteiger partial charge in [0.25, 0.3) is 0 Å². The van der Waals surface area contributed by atoms with Gasteiger partial charge < -0.3 is 0 Å². The SMILES string of the molecule is CCCCCCCC(CC)S(N)(=O)=O. The van der Waals surface area contributed by atoms with Crippen LogP contribution in [0.4, 0.5) is 0 Å². The first-order chi connectivity index (χ1) is 6.52. The van der Waals surface area contributed by atoms with E-state index in [1.807, 2.05) is 6.92 Å². The van der Waals surface area contributed by atoms with E-state index >= 15 is 0 Å². The van der Waals surface area contributed by atoms with Crippen LogP contribution in [0.5, 0.6) is 0 Å². The average molecular weight is 221 g/mol. The molecule has 0 bridgehead atoms. The van der Waals surface area contributed by atoms with Gasteiger partial charge in [0.2, 0.25) is 10.0 Å². The molecule has 86 valence electrons. The summed E-state index contributed by atoms with van der Waals surface area (Å²) in [6.07, 6.45) is 7.12. The summed E-state index contributed by atoms with van der Waals surface area (Å²) < 4.78 is 22.1. The van der Waals surface area contributed by atoms with E-state index in [0.29, 0.717) is 6.42 Å². The van der Waals surface area contributed by atoms with E-state index in [4.69, 9.17) is 5.14 Å². The van der Waals surface area contributed by atoms with Crippen LogP contribution in [0.3, 0.4) is 0 Å². The summed E-state index contributed by atoms with van der Waals surface area (Å²) in [6.45, 7) is 4.04. The molecular weight excluding hydrogens is 198 g/mol. The Kier molecular flexibility index (Phi) is 7.19. The standard InChI is InChI=1S/C10H23NO2S/c1-3-5-6-7-8-9-10(4-2)14(11,12)13/h10H,3-9H2,1-2H3,(H2,11,12,13). The van der Waals surface area contributed by atoms with E-state index in [1.165, 1.54) is 19.3 Å². The maximum absolute atomic E-state index is 11.1. The highest BCUT2D eigenvalue weighted by atomic mass is 32.2. The minimum atomic E-state index is -3.31. The second-order valence-corrected chi connectivity index (χ2v) is 5.67. The molecule has 0 heterocycles. The number of rotatable bonds is 8. The van der Waals surface area contributed by atoms with Crippen molar-refractivity contribution in [3.63, 3.8) is 0 Å². The van der Waals surface area contributed by atoms with Crippen molar-refractivity contribution < 1.29 is 8.42 Å². The number of primary sulfonamides is 1. The van der Waals surface area contributed by atoms with Gasteiger partial charge in [-0.15, -0.1) is 0 Å². The molecular formula is C10H23NO2S. The molecule has 0 aliphatic heterocycles. The first kappa shape index (κ1) is 13.9. The third-order valence-corrected chi connectivity index (χ3v) is 4.05. The fourth-order valence-electron chi connectivity index (χ4n) is 1.58. The van der Waals surface area contributed by atoms with Crippen molar-refractivity contribution in [1.82, 2.24) is 0 Å². The molecule has 0 spiro atoms. The van der Waals surface area contributed by atoms with Gasteiger partial charge in [0.15, 0.2) is 0 Å². The van der Waals surface area contributed by atoms with Crippen LogP contribution in [0.15, 0.2) is 0 Å². The van der Waals surface area contributed by atoms with Gasteiger partial charge in [0.1, 0.15) is 0 Å². The van der Waals surface area contributed by atoms with Gasteiger partial charge in [-0.3, -0.25) is 0 Å². The summed E-state index contributed by atoms with van der Waals surface area (Å²) in [5.74, 6) is 0. The Morgan fingerprint density at radius 3 is 2.07 bits per heavy atom. The highest BCUT2D eigenvalue weighted by Crippen LogP contribution is 2.13. The number of hydrogen-bond donors (Lipinski definition) is 1. The van der Waals surface area contributed by atoms with Crippen molar-refractivity contribution in [2.45, 2.75) is 64.0 Å². The second kappa shape index (κ2) is 7.23.